The molecule has 3 saturated heterocycles. The Labute approximate surface area is 241 Å². The number of aldehydes is 1. The number of nitrogens with one attached hydrogen (secondary N) is 2. The van der Waals surface area contributed by atoms with Gasteiger partial charge in [-0.05, 0) is 79.2 Å². The van der Waals surface area contributed by atoms with E-state index in [2.05, 4.69) is 15.5 Å². The zero-order valence-corrected chi connectivity index (χ0v) is 23.2. The standard InChI is InChI=1S/C33H37N3O5/c37-20-5-4-17-34-32(38)27-13-11-24(12-14-27)23-40-29-10-6-9-28(21-29)31(26-7-2-1-3-8-26)35-33(39)41-30-22-36-18-15-25(30)16-19-36/h1-3,6-14,20-21,25,30-31H,4-5,15-19,22-23H2,(H,34,38)(H,35,39)/t30-,31?/m0/s1. The number of nitrogens with zero attached hydrogens (tertiary/aromatic N) is 1. The first-order valence-electron chi connectivity index (χ1n) is 14.4. The highest BCUT2D eigenvalue weighted by atomic mass is 16.6. The van der Waals surface area contributed by atoms with E-state index in [9.17, 15) is 14.4 Å². The van der Waals surface area contributed by atoms with Crippen LogP contribution in [-0.2, 0) is 16.1 Å². The molecule has 1 unspecified atom stereocenters. The lowest BCUT2D eigenvalue weighted by atomic mass is 9.86. The molecule has 8 nitrogen and oxygen atoms in total. The van der Waals surface area contributed by atoms with Gasteiger partial charge in [0, 0.05) is 25.1 Å². The van der Waals surface area contributed by atoms with E-state index in [0.717, 1.165) is 55.5 Å². The molecule has 3 fully saturated rings. The summed E-state index contributed by atoms with van der Waals surface area (Å²) in [7, 11) is 0. The fraction of sp³-hybridized carbons (Fsp3) is 0.364. The number of rotatable bonds is 12. The Kier molecular flexibility index (Phi) is 9.65. The lowest BCUT2D eigenvalue weighted by Crippen LogP contribution is -2.52. The lowest BCUT2D eigenvalue weighted by molar-refractivity contribution is -0.107. The molecule has 41 heavy (non-hydrogen) atoms. The minimum absolute atomic E-state index is 0.0662. The minimum atomic E-state index is -0.406. The zero-order valence-electron chi connectivity index (χ0n) is 23.2. The van der Waals surface area contributed by atoms with Gasteiger partial charge < -0.3 is 24.9 Å². The molecule has 0 aromatic heterocycles. The number of amides is 2. The van der Waals surface area contributed by atoms with E-state index >= 15 is 0 Å². The van der Waals surface area contributed by atoms with Crippen LogP contribution in [0.5, 0.6) is 5.75 Å². The molecule has 6 rings (SSSR count). The fourth-order valence-electron chi connectivity index (χ4n) is 5.53. The topological polar surface area (TPSA) is 97.0 Å². The predicted molar refractivity (Wildman–Crippen MR) is 156 cm³/mol. The molecule has 0 aliphatic carbocycles. The Morgan fingerprint density at radius 1 is 0.951 bits per heavy atom. The summed E-state index contributed by atoms with van der Waals surface area (Å²) in [6.07, 6.45) is 3.60. The van der Waals surface area contributed by atoms with Crippen molar-refractivity contribution < 1.29 is 23.9 Å². The van der Waals surface area contributed by atoms with Crippen LogP contribution >= 0.6 is 0 Å². The van der Waals surface area contributed by atoms with E-state index in [0.29, 0.717) is 43.2 Å². The van der Waals surface area contributed by atoms with Crippen LogP contribution in [-0.4, -0.2) is 55.5 Å². The summed E-state index contributed by atoms with van der Waals surface area (Å²) in [5.41, 5.74) is 3.33. The van der Waals surface area contributed by atoms with E-state index in [1.165, 1.54) is 0 Å². The molecule has 0 spiro atoms. The van der Waals surface area contributed by atoms with Gasteiger partial charge in [-0.2, -0.15) is 0 Å². The van der Waals surface area contributed by atoms with Crippen LogP contribution in [0.1, 0.15) is 58.8 Å². The van der Waals surface area contributed by atoms with Gasteiger partial charge >= 0.3 is 6.09 Å². The van der Waals surface area contributed by atoms with Crippen molar-refractivity contribution in [1.82, 2.24) is 15.5 Å². The molecule has 3 heterocycles. The Hall–Kier alpha value is -4.17. The van der Waals surface area contributed by atoms with E-state index in [1.54, 1.807) is 12.1 Å². The first-order chi connectivity index (χ1) is 20.1. The van der Waals surface area contributed by atoms with Crippen LogP contribution in [0.3, 0.4) is 0 Å². The van der Waals surface area contributed by atoms with Crippen molar-refractivity contribution in [3.8, 4) is 5.75 Å². The largest absolute Gasteiger partial charge is 0.489 e. The van der Waals surface area contributed by atoms with Gasteiger partial charge in [-0.1, -0.05) is 54.6 Å². The molecule has 2 N–H and O–H groups in total. The lowest BCUT2D eigenvalue weighted by Gasteiger charge is -2.43. The van der Waals surface area contributed by atoms with Crippen molar-refractivity contribution in [2.24, 2.45) is 5.92 Å². The van der Waals surface area contributed by atoms with Gasteiger partial charge in [0.2, 0.25) is 0 Å². The molecule has 214 valence electrons. The number of carbonyl (C=O) groups excluding carboxylic acids is 3. The Morgan fingerprint density at radius 3 is 2.41 bits per heavy atom. The van der Waals surface area contributed by atoms with Crippen molar-refractivity contribution in [2.75, 3.05) is 26.2 Å². The van der Waals surface area contributed by atoms with Gasteiger partial charge in [0.25, 0.3) is 5.91 Å². The number of hydrogen-bond acceptors (Lipinski definition) is 6. The summed E-state index contributed by atoms with van der Waals surface area (Å²) in [6, 6.07) is 24.4. The number of benzene rings is 3. The van der Waals surface area contributed by atoms with E-state index in [-0.39, 0.29) is 12.0 Å². The number of unbranched alkanes of at least 4 members (excludes halogenated alkanes) is 1. The second-order valence-electron chi connectivity index (χ2n) is 10.7. The molecular formula is C33H37N3O5. The Morgan fingerprint density at radius 2 is 1.71 bits per heavy atom. The van der Waals surface area contributed by atoms with Crippen LogP contribution in [0.4, 0.5) is 4.79 Å². The molecule has 3 aromatic carbocycles. The third-order valence-electron chi connectivity index (χ3n) is 7.85. The zero-order chi connectivity index (χ0) is 28.4. The highest BCUT2D eigenvalue weighted by Crippen LogP contribution is 2.30. The average molecular weight is 556 g/mol. The minimum Gasteiger partial charge on any atom is -0.489 e. The second kappa shape index (κ2) is 13.9. The number of fused-ring (bicyclic) bond motifs is 3. The van der Waals surface area contributed by atoms with Crippen LogP contribution in [0, 0.1) is 5.92 Å². The molecule has 2 bridgehead atoms. The molecule has 0 saturated carbocycles. The van der Waals surface area contributed by atoms with Crippen LogP contribution < -0.4 is 15.4 Å². The number of carbonyl (C=O) groups is 3. The maximum Gasteiger partial charge on any atom is 0.408 e. The third-order valence-corrected chi connectivity index (χ3v) is 7.85. The van der Waals surface area contributed by atoms with Gasteiger partial charge in [-0.25, -0.2) is 4.79 Å². The monoisotopic (exact) mass is 555 g/mol. The van der Waals surface area contributed by atoms with Gasteiger partial charge in [0.15, 0.2) is 0 Å². The van der Waals surface area contributed by atoms with Gasteiger partial charge in [-0.3, -0.25) is 9.69 Å². The van der Waals surface area contributed by atoms with E-state index < -0.39 is 12.1 Å². The Balaban J connectivity index is 1.21. The highest BCUT2D eigenvalue weighted by Gasteiger charge is 2.36. The number of ether oxygens (including phenoxy) is 2. The van der Waals surface area contributed by atoms with Crippen molar-refractivity contribution in [3.63, 3.8) is 0 Å². The molecule has 3 aliphatic rings. The summed E-state index contributed by atoms with van der Waals surface area (Å²) >= 11 is 0. The molecule has 3 aliphatic heterocycles. The summed E-state index contributed by atoms with van der Waals surface area (Å²) in [5.74, 6) is 0.949. The molecule has 2 amide bonds. The molecule has 3 aromatic rings. The first-order valence-corrected chi connectivity index (χ1v) is 14.4. The van der Waals surface area contributed by atoms with Crippen LogP contribution in [0.2, 0.25) is 0 Å². The van der Waals surface area contributed by atoms with Crippen molar-refractivity contribution in [2.45, 2.75) is 44.4 Å². The molecular weight excluding hydrogens is 518 g/mol. The van der Waals surface area contributed by atoms with Crippen LogP contribution in [0.15, 0.2) is 78.9 Å². The normalized spacial score (nSPS) is 20.0. The SMILES string of the molecule is O=CCCCNC(=O)c1ccc(COc2cccc(C(NC(=O)O[C@H]3CN4CCC3CC4)c3ccccc3)c2)cc1. The molecule has 2 atom stereocenters. The number of alkyl carbamates (subject to hydrolysis) is 1. The summed E-state index contributed by atoms with van der Waals surface area (Å²) in [5, 5.41) is 5.92. The summed E-state index contributed by atoms with van der Waals surface area (Å²) in [6.45, 7) is 3.79. The second-order valence-corrected chi connectivity index (χ2v) is 10.7. The van der Waals surface area contributed by atoms with E-state index in [1.807, 2.05) is 66.7 Å². The number of piperidine rings is 3. The van der Waals surface area contributed by atoms with Crippen molar-refractivity contribution in [3.05, 3.63) is 101 Å². The smallest absolute Gasteiger partial charge is 0.408 e. The molecule has 0 radical (unpaired) electrons. The van der Waals surface area contributed by atoms with Crippen molar-refractivity contribution >= 4 is 18.3 Å². The first kappa shape index (κ1) is 28.4. The average Bonchev–Trinajstić information content (AvgIpc) is 3.02. The Bertz CT molecular complexity index is 1310. The fourth-order valence-corrected chi connectivity index (χ4v) is 5.53. The molecule has 8 heteroatoms. The van der Waals surface area contributed by atoms with Crippen LogP contribution in [0.25, 0.3) is 0 Å². The van der Waals surface area contributed by atoms with Gasteiger partial charge in [0.1, 0.15) is 24.7 Å². The number of hydrogen-bond donors (Lipinski definition) is 2. The van der Waals surface area contributed by atoms with Crippen molar-refractivity contribution in [1.29, 1.82) is 0 Å². The third kappa shape index (κ3) is 7.73. The maximum atomic E-state index is 13.1. The van der Waals surface area contributed by atoms with E-state index in [4.69, 9.17) is 9.47 Å². The van der Waals surface area contributed by atoms with Gasteiger partial charge in [0.05, 0.1) is 6.04 Å². The summed E-state index contributed by atoms with van der Waals surface area (Å²) < 4.78 is 12.0. The maximum absolute atomic E-state index is 13.1. The quantitative estimate of drug-likeness (QED) is 0.244. The highest BCUT2D eigenvalue weighted by molar-refractivity contribution is 5.94. The van der Waals surface area contributed by atoms with Gasteiger partial charge in [-0.15, -0.1) is 0 Å². The summed E-state index contributed by atoms with van der Waals surface area (Å²) in [4.78, 5) is 38.1. The predicted octanol–water partition coefficient (Wildman–Crippen LogP) is 4.88.